The predicted molar refractivity (Wildman–Crippen MR) is 88.6 cm³/mol. The zero-order chi connectivity index (χ0) is 15.4. The summed E-state index contributed by atoms with van der Waals surface area (Å²) in [6.45, 7) is 7.32. The molecule has 2 rings (SSSR count). The highest BCUT2D eigenvalue weighted by Crippen LogP contribution is 2.21. The summed E-state index contributed by atoms with van der Waals surface area (Å²) < 4.78 is 0. The van der Waals surface area contributed by atoms with Crippen molar-refractivity contribution in [1.29, 1.82) is 0 Å². The van der Waals surface area contributed by atoms with Crippen molar-refractivity contribution in [3.05, 3.63) is 35.4 Å². The van der Waals surface area contributed by atoms with Crippen LogP contribution in [0.15, 0.2) is 24.3 Å². The van der Waals surface area contributed by atoms with Crippen molar-refractivity contribution in [2.45, 2.75) is 44.8 Å². The van der Waals surface area contributed by atoms with Crippen LogP contribution in [0.2, 0.25) is 0 Å². The van der Waals surface area contributed by atoms with E-state index in [1.54, 1.807) is 0 Å². The van der Waals surface area contributed by atoms with Gasteiger partial charge in [-0.1, -0.05) is 38.1 Å². The topological polar surface area (TPSA) is 26.7 Å². The molecule has 0 spiro atoms. The summed E-state index contributed by atoms with van der Waals surface area (Å²) in [5.74, 6) is 0.543. The number of likely N-dealkylation sites (tertiary alicyclic amines) is 1. The van der Waals surface area contributed by atoms with Gasteiger partial charge < -0.3 is 14.9 Å². The summed E-state index contributed by atoms with van der Waals surface area (Å²) in [5.41, 5.74) is 2.37. The normalized spacial score (nSPS) is 19.4. The summed E-state index contributed by atoms with van der Waals surface area (Å²) in [6.07, 6.45) is 2.03. The third-order valence-electron chi connectivity index (χ3n) is 4.71. The van der Waals surface area contributed by atoms with Gasteiger partial charge in [0.2, 0.25) is 0 Å². The van der Waals surface area contributed by atoms with Gasteiger partial charge in [0.05, 0.1) is 6.10 Å². The highest BCUT2D eigenvalue weighted by atomic mass is 16.3. The molecule has 1 fully saturated rings. The second kappa shape index (κ2) is 7.39. The molecule has 1 aliphatic heterocycles. The van der Waals surface area contributed by atoms with E-state index in [1.165, 1.54) is 18.4 Å². The first-order chi connectivity index (χ1) is 9.97. The fourth-order valence-corrected chi connectivity index (χ4v) is 3.07. The number of β-amino-alcohol motifs (C(OH)–C–C–N with tert-alkyl or cyclic N) is 1. The Morgan fingerprint density at radius 1 is 1.10 bits per heavy atom. The van der Waals surface area contributed by atoms with Crippen LogP contribution in [0.1, 0.15) is 49.8 Å². The molecule has 118 valence electrons. The molecule has 1 atom stereocenters. The highest BCUT2D eigenvalue weighted by molar-refractivity contribution is 5.26. The quantitative estimate of drug-likeness (QED) is 0.903. The van der Waals surface area contributed by atoms with E-state index in [9.17, 15) is 5.11 Å². The molecule has 3 heteroatoms. The average Bonchev–Trinajstić information content (AvgIpc) is 2.47. The Kier molecular flexibility index (Phi) is 5.80. The molecule has 0 aromatic heterocycles. The largest absolute Gasteiger partial charge is 0.387 e. The van der Waals surface area contributed by atoms with E-state index >= 15 is 0 Å². The van der Waals surface area contributed by atoms with Gasteiger partial charge in [-0.15, -0.1) is 0 Å². The molecular formula is C18H30N2O. The lowest BCUT2D eigenvalue weighted by molar-refractivity contribution is 0.0798. The van der Waals surface area contributed by atoms with Crippen LogP contribution in [-0.4, -0.2) is 54.7 Å². The fourth-order valence-electron chi connectivity index (χ4n) is 3.07. The van der Waals surface area contributed by atoms with E-state index in [0.29, 0.717) is 12.0 Å². The van der Waals surface area contributed by atoms with Crippen LogP contribution >= 0.6 is 0 Å². The van der Waals surface area contributed by atoms with Gasteiger partial charge in [0.1, 0.15) is 0 Å². The molecule has 1 saturated heterocycles. The van der Waals surface area contributed by atoms with Crippen molar-refractivity contribution in [2.24, 2.45) is 0 Å². The van der Waals surface area contributed by atoms with Crippen molar-refractivity contribution < 1.29 is 5.11 Å². The van der Waals surface area contributed by atoms with Gasteiger partial charge >= 0.3 is 0 Å². The maximum absolute atomic E-state index is 10.4. The molecule has 0 saturated carbocycles. The molecule has 3 nitrogen and oxygen atoms in total. The molecule has 1 heterocycles. The van der Waals surface area contributed by atoms with Crippen molar-refractivity contribution in [2.75, 3.05) is 33.7 Å². The minimum Gasteiger partial charge on any atom is -0.387 e. The summed E-state index contributed by atoms with van der Waals surface area (Å²) in [4.78, 5) is 4.71. The first-order valence-electron chi connectivity index (χ1n) is 8.14. The molecule has 21 heavy (non-hydrogen) atoms. The summed E-state index contributed by atoms with van der Waals surface area (Å²) in [7, 11) is 4.32. The number of aliphatic hydroxyl groups excluding tert-OH is 1. The summed E-state index contributed by atoms with van der Waals surface area (Å²) in [6, 6.07) is 9.13. The Balaban J connectivity index is 1.86. The average molecular weight is 290 g/mol. The Morgan fingerprint density at radius 3 is 2.10 bits per heavy atom. The standard InChI is InChI=1S/C18H30N2O/c1-14(2)15-5-7-16(8-6-15)18(21)13-20-11-9-17(10-12-20)19(3)4/h5-8,14,17-18,21H,9-13H2,1-4H3. The van der Waals surface area contributed by atoms with Crippen molar-refractivity contribution in [3.8, 4) is 0 Å². The third kappa shape index (κ3) is 4.53. The number of aliphatic hydroxyl groups is 1. The molecule has 1 aromatic rings. The molecule has 0 bridgehead atoms. The molecule has 0 radical (unpaired) electrons. The van der Waals surface area contributed by atoms with Crippen LogP contribution in [0.4, 0.5) is 0 Å². The number of hydrogen-bond acceptors (Lipinski definition) is 3. The maximum atomic E-state index is 10.4. The molecular weight excluding hydrogens is 260 g/mol. The predicted octanol–water partition coefficient (Wildman–Crippen LogP) is 2.87. The van der Waals surface area contributed by atoms with Crippen LogP contribution < -0.4 is 0 Å². The number of nitrogens with zero attached hydrogens (tertiary/aromatic N) is 2. The minimum absolute atomic E-state index is 0.373. The van der Waals surface area contributed by atoms with Crippen molar-refractivity contribution in [1.82, 2.24) is 9.80 Å². The lowest BCUT2D eigenvalue weighted by Crippen LogP contribution is -2.43. The van der Waals surface area contributed by atoms with Crippen LogP contribution in [0.3, 0.4) is 0 Å². The molecule has 1 aromatic carbocycles. The van der Waals surface area contributed by atoms with Gasteiger partial charge in [0.25, 0.3) is 0 Å². The van der Waals surface area contributed by atoms with Gasteiger partial charge in [0, 0.05) is 12.6 Å². The first kappa shape index (κ1) is 16.5. The second-order valence-corrected chi connectivity index (χ2v) is 6.83. The monoisotopic (exact) mass is 290 g/mol. The smallest absolute Gasteiger partial charge is 0.0916 e. The van der Waals surface area contributed by atoms with Gasteiger partial charge in [0.15, 0.2) is 0 Å². The maximum Gasteiger partial charge on any atom is 0.0916 e. The lowest BCUT2D eigenvalue weighted by Gasteiger charge is -2.36. The van der Waals surface area contributed by atoms with Gasteiger partial charge in [-0.25, -0.2) is 0 Å². The van der Waals surface area contributed by atoms with E-state index in [4.69, 9.17) is 0 Å². The van der Waals surface area contributed by atoms with E-state index in [2.05, 4.69) is 62.0 Å². The third-order valence-corrected chi connectivity index (χ3v) is 4.71. The van der Waals surface area contributed by atoms with E-state index < -0.39 is 0 Å². The van der Waals surface area contributed by atoms with Crippen LogP contribution in [0.5, 0.6) is 0 Å². The van der Waals surface area contributed by atoms with Crippen LogP contribution in [0.25, 0.3) is 0 Å². The Hall–Kier alpha value is -0.900. The Labute approximate surface area is 129 Å². The van der Waals surface area contributed by atoms with Crippen LogP contribution in [-0.2, 0) is 0 Å². The summed E-state index contributed by atoms with van der Waals surface area (Å²) >= 11 is 0. The van der Waals surface area contributed by atoms with E-state index in [-0.39, 0.29) is 6.10 Å². The molecule has 1 aliphatic rings. The van der Waals surface area contributed by atoms with Gasteiger partial charge in [-0.2, -0.15) is 0 Å². The fraction of sp³-hybridized carbons (Fsp3) is 0.667. The molecule has 0 amide bonds. The zero-order valence-corrected chi connectivity index (χ0v) is 13.9. The number of benzene rings is 1. The van der Waals surface area contributed by atoms with Crippen molar-refractivity contribution in [3.63, 3.8) is 0 Å². The number of piperidine rings is 1. The van der Waals surface area contributed by atoms with Crippen LogP contribution in [0, 0.1) is 0 Å². The number of hydrogen-bond donors (Lipinski definition) is 1. The van der Waals surface area contributed by atoms with Gasteiger partial charge in [-0.3, -0.25) is 0 Å². The molecule has 1 unspecified atom stereocenters. The van der Waals surface area contributed by atoms with Crippen molar-refractivity contribution >= 4 is 0 Å². The zero-order valence-electron chi connectivity index (χ0n) is 13.9. The SMILES string of the molecule is CC(C)c1ccc(C(O)CN2CCC(N(C)C)CC2)cc1. The van der Waals surface area contributed by atoms with E-state index in [0.717, 1.165) is 25.2 Å². The number of rotatable bonds is 5. The summed E-state index contributed by atoms with van der Waals surface area (Å²) in [5, 5.41) is 10.4. The molecule has 0 aliphatic carbocycles. The van der Waals surface area contributed by atoms with Gasteiger partial charge in [-0.05, 0) is 57.1 Å². The molecule has 1 N–H and O–H groups in total. The van der Waals surface area contributed by atoms with E-state index in [1.807, 2.05) is 0 Å². The lowest BCUT2D eigenvalue weighted by atomic mass is 9.99. The first-order valence-corrected chi connectivity index (χ1v) is 8.14. The Morgan fingerprint density at radius 2 is 1.62 bits per heavy atom. The second-order valence-electron chi connectivity index (χ2n) is 6.83. The minimum atomic E-state index is -0.373. The highest BCUT2D eigenvalue weighted by Gasteiger charge is 2.22. The Bertz CT molecular complexity index is 419.